The lowest BCUT2D eigenvalue weighted by Gasteiger charge is -2.33. The first kappa shape index (κ1) is 17.4. The number of aromatic nitrogens is 2. The predicted octanol–water partition coefficient (Wildman–Crippen LogP) is 1.27. The number of fused-ring (bicyclic) bond motifs is 1. The maximum atomic E-state index is 12.7. The Balaban J connectivity index is 1.44. The Kier molecular flexibility index (Phi) is 4.70. The molecule has 142 valence electrons. The molecule has 0 spiro atoms. The molecule has 1 aromatic carbocycles. The van der Waals surface area contributed by atoms with Crippen molar-refractivity contribution < 1.29 is 14.3 Å². The molecule has 1 fully saturated rings. The number of hydrogen-bond donors (Lipinski definition) is 1. The molecule has 1 unspecified atom stereocenters. The fraction of sp³-hybridized carbons (Fsp3) is 0.421. The zero-order valence-corrected chi connectivity index (χ0v) is 15.2. The lowest BCUT2D eigenvalue weighted by molar-refractivity contribution is 0.0706. The van der Waals surface area contributed by atoms with E-state index in [4.69, 9.17) is 9.47 Å². The highest BCUT2D eigenvalue weighted by Crippen LogP contribution is 2.33. The minimum absolute atomic E-state index is 0.137. The van der Waals surface area contributed by atoms with E-state index < -0.39 is 0 Å². The fourth-order valence-electron chi connectivity index (χ4n) is 3.43. The molecule has 1 amide bonds. The summed E-state index contributed by atoms with van der Waals surface area (Å²) in [7, 11) is 1.54. The molecule has 1 N–H and O–H groups in total. The molecule has 2 aliphatic rings. The van der Waals surface area contributed by atoms with Crippen molar-refractivity contribution in [2.24, 2.45) is 7.05 Å². The van der Waals surface area contributed by atoms with Crippen molar-refractivity contribution in [2.45, 2.75) is 18.9 Å². The highest BCUT2D eigenvalue weighted by molar-refractivity contribution is 5.92. The number of aryl methyl sites for hydroxylation is 1. The van der Waals surface area contributed by atoms with E-state index in [1.165, 1.54) is 16.8 Å². The molecule has 8 heteroatoms. The van der Waals surface area contributed by atoms with Crippen molar-refractivity contribution in [1.82, 2.24) is 14.7 Å². The third kappa shape index (κ3) is 3.74. The van der Waals surface area contributed by atoms with Gasteiger partial charge in [0.1, 0.15) is 18.9 Å². The monoisotopic (exact) mass is 370 g/mol. The largest absolute Gasteiger partial charge is 0.486 e. The van der Waals surface area contributed by atoms with Gasteiger partial charge in [0.2, 0.25) is 0 Å². The Bertz CT molecular complexity index is 911. The van der Waals surface area contributed by atoms with Crippen molar-refractivity contribution in [3.05, 3.63) is 46.4 Å². The van der Waals surface area contributed by atoms with Crippen LogP contribution in [-0.2, 0) is 7.05 Å². The number of nitrogens with zero attached hydrogens (tertiary/aromatic N) is 3. The van der Waals surface area contributed by atoms with Crippen molar-refractivity contribution >= 4 is 11.6 Å². The highest BCUT2D eigenvalue weighted by Gasteiger charge is 2.26. The van der Waals surface area contributed by atoms with E-state index in [1.54, 1.807) is 11.9 Å². The van der Waals surface area contributed by atoms with Crippen LogP contribution < -0.4 is 20.3 Å². The zero-order chi connectivity index (χ0) is 18.8. The van der Waals surface area contributed by atoms with Gasteiger partial charge in [-0.1, -0.05) is 0 Å². The van der Waals surface area contributed by atoms with E-state index >= 15 is 0 Å². The van der Waals surface area contributed by atoms with Crippen LogP contribution in [0.5, 0.6) is 11.5 Å². The lowest BCUT2D eigenvalue weighted by atomic mass is 10.0. The number of nitrogens with one attached hydrogen (secondary N) is 1. The highest BCUT2D eigenvalue weighted by atomic mass is 16.6. The molecule has 1 atom stereocenters. The summed E-state index contributed by atoms with van der Waals surface area (Å²) in [5, 5.41) is 7.55. The molecule has 8 nitrogen and oxygen atoms in total. The first-order valence-corrected chi connectivity index (χ1v) is 9.10. The first-order chi connectivity index (χ1) is 13.1. The topological polar surface area (TPSA) is 85.7 Å². The van der Waals surface area contributed by atoms with E-state index in [9.17, 15) is 9.59 Å². The second kappa shape index (κ2) is 7.30. The Morgan fingerprint density at radius 1 is 1.19 bits per heavy atom. The molecule has 1 aromatic heterocycles. The van der Waals surface area contributed by atoms with Crippen LogP contribution in [0, 0.1) is 0 Å². The van der Waals surface area contributed by atoms with Gasteiger partial charge < -0.3 is 19.7 Å². The van der Waals surface area contributed by atoms with Crippen LogP contribution in [0.1, 0.15) is 23.3 Å². The quantitative estimate of drug-likeness (QED) is 0.876. The number of benzene rings is 1. The van der Waals surface area contributed by atoms with Crippen LogP contribution in [0.15, 0.2) is 35.1 Å². The van der Waals surface area contributed by atoms with Gasteiger partial charge in [-0.15, -0.1) is 0 Å². The number of hydrogen-bond acceptors (Lipinski definition) is 6. The summed E-state index contributed by atoms with van der Waals surface area (Å²) in [5.41, 5.74) is 0.999. The van der Waals surface area contributed by atoms with E-state index in [0.717, 1.165) is 30.0 Å². The maximum Gasteiger partial charge on any atom is 0.274 e. The van der Waals surface area contributed by atoms with Crippen molar-refractivity contribution in [2.75, 3.05) is 31.6 Å². The molecule has 2 aromatic rings. The summed E-state index contributed by atoms with van der Waals surface area (Å²) in [6.07, 6.45) is 1.87. The second-order valence-electron chi connectivity index (χ2n) is 6.77. The molecule has 4 rings (SSSR count). The predicted molar refractivity (Wildman–Crippen MR) is 99.5 cm³/mol. The van der Waals surface area contributed by atoms with Gasteiger partial charge in [-0.3, -0.25) is 9.59 Å². The fourth-order valence-corrected chi connectivity index (χ4v) is 3.43. The molecule has 1 saturated heterocycles. The molecular weight excluding hydrogens is 348 g/mol. The lowest BCUT2D eigenvalue weighted by Crippen LogP contribution is -2.45. The number of anilines is 1. The van der Waals surface area contributed by atoms with Gasteiger partial charge in [-0.25, -0.2) is 4.68 Å². The van der Waals surface area contributed by atoms with Gasteiger partial charge in [-0.2, -0.15) is 5.10 Å². The third-order valence-electron chi connectivity index (χ3n) is 4.80. The Hall–Kier alpha value is -3.03. The maximum absolute atomic E-state index is 12.7. The number of amides is 1. The number of piperidine rings is 1. The number of carbonyl (C=O) groups is 1. The molecule has 0 saturated carbocycles. The standard InChI is InChI=1S/C19H22N4O4/c1-22-18(24)7-5-15(21-22)19(25)23-8-2-3-14(12-23)20-13-4-6-16-17(11-13)27-10-9-26-16/h4-7,11,14,20H,2-3,8-10,12H2,1H3. The molecule has 27 heavy (non-hydrogen) atoms. The summed E-state index contributed by atoms with van der Waals surface area (Å²) in [6.45, 7) is 2.38. The Labute approximate surface area is 156 Å². The van der Waals surface area contributed by atoms with Crippen LogP contribution in [-0.4, -0.2) is 52.9 Å². The van der Waals surface area contributed by atoms with E-state index in [2.05, 4.69) is 10.4 Å². The zero-order valence-electron chi connectivity index (χ0n) is 15.2. The minimum Gasteiger partial charge on any atom is -0.486 e. The van der Waals surface area contributed by atoms with Gasteiger partial charge in [0.05, 0.1) is 0 Å². The number of likely N-dealkylation sites (tertiary alicyclic amines) is 1. The van der Waals surface area contributed by atoms with Crippen LogP contribution in [0.4, 0.5) is 5.69 Å². The van der Waals surface area contributed by atoms with Gasteiger partial charge in [0, 0.05) is 44.0 Å². The summed E-state index contributed by atoms with van der Waals surface area (Å²) in [6, 6.07) is 8.79. The number of rotatable bonds is 3. The third-order valence-corrected chi connectivity index (χ3v) is 4.80. The van der Waals surface area contributed by atoms with Crippen LogP contribution in [0.2, 0.25) is 0 Å². The minimum atomic E-state index is -0.233. The average Bonchev–Trinajstić information content (AvgIpc) is 2.69. The van der Waals surface area contributed by atoms with Crippen LogP contribution in [0.3, 0.4) is 0 Å². The van der Waals surface area contributed by atoms with Gasteiger partial charge in [0.15, 0.2) is 11.5 Å². The summed E-state index contributed by atoms with van der Waals surface area (Å²) >= 11 is 0. The second-order valence-corrected chi connectivity index (χ2v) is 6.77. The van der Waals surface area contributed by atoms with E-state index in [1.807, 2.05) is 18.2 Å². The molecule has 3 heterocycles. The Morgan fingerprint density at radius 3 is 2.81 bits per heavy atom. The van der Waals surface area contributed by atoms with Crippen LogP contribution in [0.25, 0.3) is 0 Å². The summed E-state index contributed by atoms with van der Waals surface area (Å²) < 4.78 is 12.4. The summed E-state index contributed by atoms with van der Waals surface area (Å²) in [4.78, 5) is 26.0. The van der Waals surface area contributed by atoms with Crippen molar-refractivity contribution in [3.8, 4) is 11.5 Å². The van der Waals surface area contributed by atoms with Gasteiger partial charge in [-0.05, 0) is 31.0 Å². The molecule has 2 aliphatic heterocycles. The SMILES string of the molecule is Cn1nc(C(=O)N2CCCC(Nc3ccc4c(c3)OCCO4)C2)ccc1=O. The normalized spacial score (nSPS) is 18.9. The van der Waals surface area contributed by atoms with Crippen molar-refractivity contribution in [1.29, 1.82) is 0 Å². The van der Waals surface area contributed by atoms with E-state index in [-0.39, 0.29) is 23.2 Å². The number of ether oxygens (including phenoxy) is 2. The Morgan fingerprint density at radius 2 is 2.00 bits per heavy atom. The molecule has 0 aliphatic carbocycles. The molecule has 0 radical (unpaired) electrons. The molecule has 0 bridgehead atoms. The van der Waals surface area contributed by atoms with Crippen LogP contribution >= 0.6 is 0 Å². The smallest absolute Gasteiger partial charge is 0.274 e. The summed E-state index contributed by atoms with van der Waals surface area (Å²) in [5.74, 6) is 1.34. The number of carbonyl (C=O) groups excluding carboxylic acids is 1. The van der Waals surface area contributed by atoms with Crippen molar-refractivity contribution in [3.63, 3.8) is 0 Å². The van der Waals surface area contributed by atoms with E-state index in [0.29, 0.717) is 26.3 Å². The molecular formula is C19H22N4O4. The van der Waals surface area contributed by atoms with Gasteiger partial charge >= 0.3 is 0 Å². The average molecular weight is 370 g/mol. The first-order valence-electron chi connectivity index (χ1n) is 9.10. The van der Waals surface area contributed by atoms with Gasteiger partial charge in [0.25, 0.3) is 11.5 Å².